The van der Waals surface area contributed by atoms with Gasteiger partial charge in [0.1, 0.15) is 0 Å². The van der Waals surface area contributed by atoms with Crippen LogP contribution in [0.1, 0.15) is 12.5 Å². The minimum absolute atomic E-state index is 0.728. The summed E-state index contributed by atoms with van der Waals surface area (Å²) in [5.74, 6) is 0. The first-order valence-electron chi connectivity index (χ1n) is 6.52. The summed E-state index contributed by atoms with van der Waals surface area (Å²) in [4.78, 5) is 0. The van der Waals surface area contributed by atoms with Gasteiger partial charge in [0.15, 0.2) is 0 Å². The zero-order chi connectivity index (χ0) is 15.0. The molecule has 0 amide bonds. The highest BCUT2D eigenvalue weighted by atomic mass is 14.8. The molecule has 0 fully saturated rings. The quantitative estimate of drug-likeness (QED) is 0.584. The fraction of sp³-hybridized carbons (Fsp3) is 0.111. The molecule has 20 heavy (non-hydrogen) atoms. The Balaban J connectivity index is 2.99. The molecule has 0 bridgehead atoms. The molecule has 0 unspecified atom stereocenters. The third kappa shape index (κ3) is 4.32. The van der Waals surface area contributed by atoms with Crippen molar-refractivity contribution in [3.8, 4) is 0 Å². The van der Waals surface area contributed by atoms with Gasteiger partial charge in [-0.15, -0.1) is 0 Å². The van der Waals surface area contributed by atoms with Crippen molar-refractivity contribution < 1.29 is 0 Å². The molecule has 0 heterocycles. The summed E-state index contributed by atoms with van der Waals surface area (Å²) in [5, 5.41) is 3.15. The van der Waals surface area contributed by atoms with Crippen LogP contribution in [0.5, 0.6) is 0 Å². The van der Waals surface area contributed by atoms with E-state index in [2.05, 4.69) is 18.5 Å². The number of allylic oxidation sites excluding steroid dienone is 8. The highest BCUT2D eigenvalue weighted by Crippen LogP contribution is 2.26. The maximum atomic E-state index is 5.84. The van der Waals surface area contributed by atoms with E-state index in [0.29, 0.717) is 0 Å². The molecule has 0 atom stereocenters. The third-order valence-corrected chi connectivity index (χ3v) is 2.89. The van der Waals surface area contributed by atoms with E-state index in [1.807, 2.05) is 62.6 Å². The molecule has 0 aliphatic rings. The van der Waals surface area contributed by atoms with Gasteiger partial charge < -0.3 is 11.1 Å². The van der Waals surface area contributed by atoms with Gasteiger partial charge in [0.2, 0.25) is 0 Å². The minimum atomic E-state index is 0.728. The van der Waals surface area contributed by atoms with E-state index in [1.54, 1.807) is 6.08 Å². The number of rotatable bonds is 6. The van der Waals surface area contributed by atoms with Gasteiger partial charge in [-0.2, -0.15) is 0 Å². The number of nitrogens with one attached hydrogen (secondary N) is 1. The van der Waals surface area contributed by atoms with Crippen LogP contribution in [-0.2, 0) is 0 Å². The number of nitrogens with two attached hydrogens (primary N) is 1. The van der Waals surface area contributed by atoms with Crippen LogP contribution in [-0.4, -0.2) is 7.05 Å². The zero-order valence-electron chi connectivity index (χ0n) is 12.2. The smallest absolute Gasteiger partial charge is 0.0418 e. The predicted octanol–water partition coefficient (Wildman–Crippen LogP) is 4.57. The lowest BCUT2D eigenvalue weighted by atomic mass is 10.0. The largest absolute Gasteiger partial charge is 0.399 e. The maximum Gasteiger partial charge on any atom is 0.0418 e. The summed E-state index contributed by atoms with van der Waals surface area (Å²) in [7, 11) is 1.89. The van der Waals surface area contributed by atoms with Gasteiger partial charge in [-0.25, -0.2) is 0 Å². The molecule has 1 rings (SSSR count). The predicted molar refractivity (Wildman–Crippen MR) is 91.7 cm³/mol. The lowest BCUT2D eigenvalue weighted by Gasteiger charge is -2.10. The van der Waals surface area contributed by atoms with E-state index >= 15 is 0 Å². The van der Waals surface area contributed by atoms with Crippen LogP contribution in [0.4, 0.5) is 11.4 Å². The van der Waals surface area contributed by atoms with Gasteiger partial charge in [0, 0.05) is 24.0 Å². The number of benzene rings is 1. The van der Waals surface area contributed by atoms with E-state index in [4.69, 9.17) is 5.73 Å². The van der Waals surface area contributed by atoms with Gasteiger partial charge in [-0.3, -0.25) is 0 Å². The second kappa shape index (κ2) is 7.85. The molecule has 0 radical (unpaired) electrons. The molecule has 0 saturated carbocycles. The Labute approximate surface area is 121 Å². The van der Waals surface area contributed by atoms with Crippen LogP contribution in [0.15, 0.2) is 73.4 Å². The first-order chi connectivity index (χ1) is 9.62. The highest BCUT2D eigenvalue weighted by molar-refractivity contribution is 5.82. The Bertz CT molecular complexity index is 575. The van der Waals surface area contributed by atoms with Gasteiger partial charge in [-0.1, -0.05) is 49.6 Å². The SMILES string of the molecule is C=C\C=C/C(/C=C/C(=C)c1cc(N)ccc1NC)=C\C. The molecule has 104 valence electrons. The molecule has 2 nitrogen and oxygen atoms in total. The third-order valence-electron chi connectivity index (χ3n) is 2.89. The molecule has 0 aromatic heterocycles. The summed E-state index contributed by atoms with van der Waals surface area (Å²) in [5.41, 5.74) is 10.6. The topological polar surface area (TPSA) is 38.0 Å². The Morgan fingerprint density at radius 1 is 1.25 bits per heavy atom. The molecule has 2 heteroatoms. The first kappa shape index (κ1) is 15.6. The van der Waals surface area contributed by atoms with Crippen LogP contribution in [0.25, 0.3) is 5.57 Å². The Morgan fingerprint density at radius 2 is 2.00 bits per heavy atom. The number of hydrogen-bond donors (Lipinski definition) is 2. The van der Waals surface area contributed by atoms with Crippen molar-refractivity contribution in [3.63, 3.8) is 0 Å². The van der Waals surface area contributed by atoms with Crippen LogP contribution >= 0.6 is 0 Å². The van der Waals surface area contributed by atoms with Gasteiger partial charge in [-0.05, 0) is 36.3 Å². The maximum absolute atomic E-state index is 5.84. The van der Waals surface area contributed by atoms with E-state index in [9.17, 15) is 0 Å². The molecular formula is C18H22N2. The standard InChI is InChI=1S/C18H22N2/c1-5-7-8-15(6-2)10-9-14(3)17-13-16(19)11-12-18(17)20-4/h5-13,20H,1,3,19H2,2,4H3/b8-7-,10-9+,15-6+. The van der Waals surface area contributed by atoms with Gasteiger partial charge in [0.05, 0.1) is 0 Å². The summed E-state index contributed by atoms with van der Waals surface area (Å²) >= 11 is 0. The summed E-state index contributed by atoms with van der Waals surface area (Å²) in [6.07, 6.45) is 11.7. The summed E-state index contributed by atoms with van der Waals surface area (Å²) < 4.78 is 0. The van der Waals surface area contributed by atoms with Crippen LogP contribution in [0, 0.1) is 0 Å². The molecule has 0 aliphatic heterocycles. The Hall–Kier alpha value is -2.48. The average Bonchev–Trinajstić information content (AvgIpc) is 2.47. The average molecular weight is 266 g/mol. The molecular weight excluding hydrogens is 244 g/mol. The van der Waals surface area contributed by atoms with Crippen LogP contribution < -0.4 is 11.1 Å². The van der Waals surface area contributed by atoms with E-state index < -0.39 is 0 Å². The first-order valence-corrected chi connectivity index (χ1v) is 6.52. The van der Waals surface area contributed by atoms with Gasteiger partial charge >= 0.3 is 0 Å². The molecule has 3 N–H and O–H groups in total. The van der Waals surface area contributed by atoms with E-state index in [-0.39, 0.29) is 0 Å². The zero-order valence-corrected chi connectivity index (χ0v) is 12.2. The molecule has 1 aromatic carbocycles. The van der Waals surface area contributed by atoms with Crippen molar-refractivity contribution >= 4 is 16.9 Å². The Kier molecular flexibility index (Phi) is 6.11. The monoisotopic (exact) mass is 266 g/mol. The second-order valence-corrected chi connectivity index (χ2v) is 4.30. The lowest BCUT2D eigenvalue weighted by Crippen LogP contribution is -1.95. The van der Waals surface area contributed by atoms with Crippen molar-refractivity contribution in [2.75, 3.05) is 18.1 Å². The number of hydrogen-bond acceptors (Lipinski definition) is 2. The molecule has 0 aliphatic carbocycles. The summed E-state index contributed by atoms with van der Waals surface area (Å²) in [6.45, 7) is 9.77. The number of nitrogen functional groups attached to an aromatic ring is 1. The lowest BCUT2D eigenvalue weighted by molar-refractivity contribution is 1.48. The molecule has 0 saturated heterocycles. The fourth-order valence-electron chi connectivity index (χ4n) is 1.76. The van der Waals surface area contributed by atoms with Crippen molar-refractivity contribution in [1.82, 2.24) is 0 Å². The van der Waals surface area contributed by atoms with Crippen molar-refractivity contribution in [3.05, 3.63) is 78.9 Å². The van der Waals surface area contributed by atoms with E-state index in [1.165, 1.54) is 0 Å². The van der Waals surface area contributed by atoms with Crippen LogP contribution in [0.2, 0.25) is 0 Å². The number of anilines is 2. The second-order valence-electron chi connectivity index (χ2n) is 4.30. The summed E-state index contributed by atoms with van der Waals surface area (Å²) in [6, 6.07) is 5.75. The molecule has 0 spiro atoms. The van der Waals surface area contributed by atoms with Crippen molar-refractivity contribution in [2.24, 2.45) is 0 Å². The van der Waals surface area contributed by atoms with Gasteiger partial charge in [0.25, 0.3) is 0 Å². The van der Waals surface area contributed by atoms with Crippen LogP contribution in [0.3, 0.4) is 0 Å². The normalized spacial score (nSPS) is 12.0. The highest BCUT2D eigenvalue weighted by Gasteiger charge is 2.03. The minimum Gasteiger partial charge on any atom is -0.399 e. The van der Waals surface area contributed by atoms with Crippen molar-refractivity contribution in [2.45, 2.75) is 6.92 Å². The fourth-order valence-corrected chi connectivity index (χ4v) is 1.76. The van der Waals surface area contributed by atoms with Crippen molar-refractivity contribution in [1.29, 1.82) is 0 Å². The Morgan fingerprint density at radius 3 is 2.60 bits per heavy atom. The molecule has 1 aromatic rings. The van der Waals surface area contributed by atoms with E-state index in [0.717, 1.165) is 28.1 Å².